The van der Waals surface area contributed by atoms with Crippen LogP contribution in [0.3, 0.4) is 0 Å². The number of benzene rings is 2. The molecule has 7 nitrogen and oxygen atoms in total. The Labute approximate surface area is 191 Å². The molecule has 8 heteroatoms. The van der Waals surface area contributed by atoms with Crippen LogP contribution >= 0.6 is 11.8 Å². The van der Waals surface area contributed by atoms with Gasteiger partial charge in [0, 0.05) is 11.6 Å². The van der Waals surface area contributed by atoms with E-state index in [0.29, 0.717) is 12.4 Å². The summed E-state index contributed by atoms with van der Waals surface area (Å²) in [5.74, 6) is -0.304. The van der Waals surface area contributed by atoms with Crippen molar-refractivity contribution in [2.24, 2.45) is 10.2 Å². The summed E-state index contributed by atoms with van der Waals surface area (Å²) >= 11 is 1.02. The van der Waals surface area contributed by atoms with E-state index < -0.39 is 11.9 Å². The quantitative estimate of drug-likeness (QED) is 0.211. The van der Waals surface area contributed by atoms with Crippen LogP contribution in [0.4, 0.5) is 0 Å². The summed E-state index contributed by atoms with van der Waals surface area (Å²) < 4.78 is 10.5. The zero-order chi connectivity index (χ0) is 22.9. The number of nitrogens with one attached hydrogen (secondary N) is 1. The molecule has 1 aliphatic rings. The summed E-state index contributed by atoms with van der Waals surface area (Å²) in [4.78, 5) is 23.5. The van der Waals surface area contributed by atoms with E-state index in [2.05, 4.69) is 58.4 Å². The van der Waals surface area contributed by atoms with Crippen LogP contribution < -0.4 is 10.1 Å². The molecule has 3 rings (SSSR count). The second kappa shape index (κ2) is 11.3. The van der Waals surface area contributed by atoms with Crippen molar-refractivity contribution in [2.45, 2.75) is 26.7 Å². The van der Waals surface area contributed by atoms with Gasteiger partial charge in [-0.05, 0) is 48.4 Å². The molecule has 2 aromatic rings. The average Bonchev–Trinajstić information content (AvgIpc) is 3.14. The molecule has 1 aliphatic heterocycles. The van der Waals surface area contributed by atoms with Crippen LogP contribution in [0.1, 0.15) is 30.9 Å². The molecule has 2 aromatic carbocycles. The van der Waals surface area contributed by atoms with E-state index in [4.69, 9.17) is 4.74 Å². The molecule has 1 fully saturated rings. The predicted molar refractivity (Wildman–Crippen MR) is 128 cm³/mol. The van der Waals surface area contributed by atoms with Gasteiger partial charge in [0.25, 0.3) is 5.91 Å². The highest BCUT2D eigenvalue weighted by molar-refractivity contribution is 8.18. The van der Waals surface area contributed by atoms with Gasteiger partial charge in [0.2, 0.25) is 0 Å². The third-order valence-electron chi connectivity index (χ3n) is 4.60. The highest BCUT2D eigenvalue weighted by Gasteiger charge is 2.25. The maximum Gasteiger partial charge on any atom is 0.331 e. The monoisotopic (exact) mass is 451 g/mol. The molecule has 0 aliphatic carbocycles. The van der Waals surface area contributed by atoms with Gasteiger partial charge >= 0.3 is 5.97 Å². The van der Waals surface area contributed by atoms with E-state index in [1.165, 1.54) is 12.7 Å². The number of thioether (sulfide) groups is 1. The van der Waals surface area contributed by atoms with Crippen LogP contribution in [0.25, 0.3) is 11.1 Å². The summed E-state index contributed by atoms with van der Waals surface area (Å²) in [6.45, 7) is 4.78. The largest absolute Gasteiger partial charge is 0.493 e. The predicted octanol–water partition coefficient (Wildman–Crippen LogP) is 4.45. The topological polar surface area (TPSA) is 89.4 Å². The molecule has 1 N–H and O–H groups in total. The van der Waals surface area contributed by atoms with Crippen LogP contribution in [0.2, 0.25) is 0 Å². The fourth-order valence-electron chi connectivity index (χ4n) is 2.82. The molecule has 0 radical (unpaired) electrons. The molecule has 1 heterocycles. The lowest BCUT2D eigenvalue weighted by atomic mass is 10.0. The SMILES string of the molecule is CCCCOc1ccc(-c2ccc(C)cc2)cc1C=N/N=C1/NC(=O)/C(=C\C(=O)OC)S1. The standard InChI is InChI=1S/C24H25N3O4S/c1-4-5-12-31-20-11-10-18(17-8-6-16(2)7-9-17)13-19(20)15-25-27-24-26-23(29)21(32-24)14-22(28)30-3/h6-11,13-15H,4-5,12H2,1-3H3,(H,26,27,29)/b21-14+,25-15?. The normalized spacial score (nSPS) is 16.0. The van der Waals surface area contributed by atoms with Crippen LogP contribution in [0.5, 0.6) is 5.75 Å². The first-order valence-electron chi connectivity index (χ1n) is 10.2. The molecule has 0 aromatic heterocycles. The third kappa shape index (κ3) is 6.31. The summed E-state index contributed by atoms with van der Waals surface area (Å²) in [7, 11) is 1.25. The van der Waals surface area contributed by atoms with Crippen LogP contribution in [0, 0.1) is 6.92 Å². The Morgan fingerprint density at radius 2 is 1.91 bits per heavy atom. The van der Waals surface area contributed by atoms with Crippen molar-refractivity contribution in [1.82, 2.24) is 5.32 Å². The van der Waals surface area contributed by atoms with Crippen molar-refractivity contribution >= 4 is 35.0 Å². The van der Waals surface area contributed by atoms with Crippen molar-refractivity contribution < 1.29 is 19.1 Å². The summed E-state index contributed by atoms with van der Waals surface area (Å²) in [5, 5.41) is 11.1. The number of methoxy groups -OCH3 is 1. The van der Waals surface area contributed by atoms with E-state index in [-0.39, 0.29) is 10.1 Å². The highest BCUT2D eigenvalue weighted by Crippen LogP contribution is 2.27. The lowest BCUT2D eigenvalue weighted by molar-refractivity contribution is -0.135. The van der Waals surface area contributed by atoms with Crippen molar-refractivity contribution in [3.05, 3.63) is 64.6 Å². The number of carbonyl (C=O) groups excluding carboxylic acids is 2. The molecular formula is C24H25N3O4S. The Morgan fingerprint density at radius 1 is 1.16 bits per heavy atom. The summed E-state index contributed by atoms with van der Waals surface area (Å²) in [6, 6.07) is 14.2. The van der Waals surface area contributed by atoms with Crippen molar-refractivity contribution in [1.29, 1.82) is 0 Å². The van der Waals surface area contributed by atoms with Gasteiger partial charge in [-0.1, -0.05) is 49.2 Å². The first-order chi connectivity index (χ1) is 15.5. The molecule has 1 saturated heterocycles. The molecule has 32 heavy (non-hydrogen) atoms. The van der Waals surface area contributed by atoms with Gasteiger partial charge in [-0.15, -0.1) is 5.10 Å². The van der Waals surface area contributed by atoms with Gasteiger partial charge in [0.05, 0.1) is 24.8 Å². The van der Waals surface area contributed by atoms with Gasteiger partial charge in [0.1, 0.15) is 5.75 Å². The van der Waals surface area contributed by atoms with E-state index >= 15 is 0 Å². The minimum Gasteiger partial charge on any atom is -0.493 e. The highest BCUT2D eigenvalue weighted by atomic mass is 32.2. The van der Waals surface area contributed by atoms with Gasteiger partial charge in [-0.3, -0.25) is 10.1 Å². The summed E-state index contributed by atoms with van der Waals surface area (Å²) in [5.41, 5.74) is 4.10. The molecule has 0 atom stereocenters. The number of nitrogens with zero attached hydrogens (tertiary/aromatic N) is 2. The molecule has 1 amide bonds. The maximum absolute atomic E-state index is 11.9. The molecular weight excluding hydrogens is 426 g/mol. The Hall–Kier alpha value is -3.39. The Morgan fingerprint density at radius 3 is 2.62 bits per heavy atom. The number of aryl methyl sites for hydroxylation is 1. The fourth-order valence-corrected chi connectivity index (χ4v) is 3.56. The van der Waals surface area contributed by atoms with Crippen molar-refractivity contribution in [3.63, 3.8) is 0 Å². The lowest BCUT2D eigenvalue weighted by Crippen LogP contribution is -2.19. The van der Waals surface area contributed by atoms with E-state index in [0.717, 1.165) is 47.4 Å². The van der Waals surface area contributed by atoms with Gasteiger partial charge < -0.3 is 9.47 Å². The van der Waals surface area contributed by atoms with Crippen molar-refractivity contribution in [2.75, 3.05) is 13.7 Å². The minimum absolute atomic E-state index is 0.204. The number of carbonyl (C=O) groups is 2. The number of esters is 1. The second-order valence-electron chi connectivity index (χ2n) is 7.06. The van der Waals surface area contributed by atoms with E-state index in [1.54, 1.807) is 6.21 Å². The zero-order valence-corrected chi connectivity index (χ0v) is 19.1. The lowest BCUT2D eigenvalue weighted by Gasteiger charge is -2.11. The Bertz CT molecular complexity index is 1080. The Kier molecular flexibility index (Phi) is 8.21. The number of unbranched alkanes of at least 4 members (excludes halogenated alkanes) is 1. The van der Waals surface area contributed by atoms with Gasteiger partial charge in [0.15, 0.2) is 5.17 Å². The molecule has 0 bridgehead atoms. The minimum atomic E-state index is -0.603. The molecule has 166 valence electrons. The summed E-state index contributed by atoms with van der Waals surface area (Å²) in [6.07, 6.45) is 4.71. The molecule has 0 saturated carbocycles. The number of hydrogen-bond acceptors (Lipinski definition) is 7. The van der Waals surface area contributed by atoms with Gasteiger partial charge in [-0.25, -0.2) is 4.79 Å². The number of rotatable bonds is 8. The molecule has 0 spiro atoms. The van der Waals surface area contributed by atoms with E-state index in [1.807, 2.05) is 18.2 Å². The maximum atomic E-state index is 11.9. The number of hydrogen-bond donors (Lipinski definition) is 1. The van der Waals surface area contributed by atoms with Crippen LogP contribution in [-0.4, -0.2) is 37.0 Å². The van der Waals surface area contributed by atoms with Crippen LogP contribution in [0.15, 0.2) is 63.6 Å². The fraction of sp³-hybridized carbons (Fsp3) is 0.250. The zero-order valence-electron chi connectivity index (χ0n) is 18.3. The first kappa shape index (κ1) is 23.3. The number of amidine groups is 1. The smallest absolute Gasteiger partial charge is 0.331 e. The number of amides is 1. The third-order valence-corrected chi connectivity index (χ3v) is 5.50. The van der Waals surface area contributed by atoms with Crippen LogP contribution in [-0.2, 0) is 14.3 Å². The van der Waals surface area contributed by atoms with Crippen molar-refractivity contribution in [3.8, 4) is 16.9 Å². The second-order valence-corrected chi connectivity index (χ2v) is 8.09. The van der Waals surface area contributed by atoms with Gasteiger partial charge in [-0.2, -0.15) is 5.10 Å². The Balaban J connectivity index is 1.83. The van der Waals surface area contributed by atoms with E-state index in [9.17, 15) is 9.59 Å². The average molecular weight is 452 g/mol. The first-order valence-corrected chi connectivity index (χ1v) is 11.1. The molecule has 0 unspecified atom stereocenters. The number of ether oxygens (including phenoxy) is 2.